The third kappa shape index (κ3) is 3.55. The van der Waals surface area contributed by atoms with Gasteiger partial charge in [-0.15, -0.1) is 12.4 Å². The lowest BCUT2D eigenvalue weighted by Crippen LogP contribution is -2.32. The quantitative estimate of drug-likeness (QED) is 0.929. The Hall–Kier alpha value is -1.13. The van der Waals surface area contributed by atoms with E-state index in [4.69, 9.17) is 0 Å². The van der Waals surface area contributed by atoms with E-state index in [1.165, 1.54) is 12.1 Å². The molecule has 1 amide bonds. The van der Waals surface area contributed by atoms with Crippen LogP contribution in [0.25, 0.3) is 0 Å². The van der Waals surface area contributed by atoms with Gasteiger partial charge >= 0.3 is 0 Å². The van der Waals surface area contributed by atoms with E-state index in [1.807, 2.05) is 17.9 Å². The van der Waals surface area contributed by atoms with Gasteiger partial charge in [0.25, 0.3) is 0 Å². The number of hydrogen-bond acceptors (Lipinski definition) is 2. The zero-order valence-corrected chi connectivity index (χ0v) is 13.0. The largest absolute Gasteiger partial charge is 0.342 e. The summed E-state index contributed by atoms with van der Waals surface area (Å²) in [6, 6.07) is 6.56. The summed E-state index contributed by atoms with van der Waals surface area (Å²) in [6.45, 7) is 5.83. The predicted molar refractivity (Wildman–Crippen MR) is 83.1 cm³/mol. The number of carbonyl (C=O) groups is 1. The molecule has 0 aliphatic carbocycles. The van der Waals surface area contributed by atoms with Gasteiger partial charge in [-0.3, -0.25) is 4.79 Å². The minimum Gasteiger partial charge on any atom is -0.342 e. The Bertz CT molecular complexity index is 499. The Balaban J connectivity index is 0.00000161. The first-order chi connectivity index (χ1) is 9.63. The highest BCUT2D eigenvalue weighted by Crippen LogP contribution is 2.28. The first-order valence-corrected chi connectivity index (χ1v) is 7.37. The molecule has 3 nitrogen and oxygen atoms in total. The van der Waals surface area contributed by atoms with Gasteiger partial charge in [0.1, 0.15) is 5.82 Å². The lowest BCUT2D eigenvalue weighted by molar-refractivity contribution is -0.130. The number of hydrogen-bond donors (Lipinski definition) is 1. The molecule has 0 aromatic heterocycles. The molecular weight excluding hydrogens is 291 g/mol. The van der Waals surface area contributed by atoms with Crippen LogP contribution in [0.5, 0.6) is 0 Å². The molecule has 1 aromatic rings. The monoisotopic (exact) mass is 312 g/mol. The molecule has 2 aliphatic rings. The maximum Gasteiger partial charge on any atom is 0.223 e. The van der Waals surface area contributed by atoms with E-state index in [9.17, 15) is 9.18 Å². The summed E-state index contributed by atoms with van der Waals surface area (Å²) >= 11 is 0. The lowest BCUT2D eigenvalue weighted by atomic mass is 9.97. The Labute approximate surface area is 131 Å². The zero-order valence-electron chi connectivity index (χ0n) is 12.2. The van der Waals surface area contributed by atoms with Crippen molar-refractivity contribution in [3.63, 3.8) is 0 Å². The third-order valence-corrected chi connectivity index (χ3v) is 4.64. The van der Waals surface area contributed by atoms with Crippen LogP contribution >= 0.6 is 12.4 Å². The Morgan fingerprint density at radius 2 is 2.05 bits per heavy atom. The summed E-state index contributed by atoms with van der Waals surface area (Å²) in [5.74, 6) is 1.29. The summed E-state index contributed by atoms with van der Waals surface area (Å²) < 4.78 is 13.2. The fraction of sp³-hybridized carbons (Fsp3) is 0.562. The second-order valence-corrected chi connectivity index (χ2v) is 6.14. The minimum absolute atomic E-state index is 0. The summed E-state index contributed by atoms with van der Waals surface area (Å²) in [5, 5.41) is 3.38. The number of nitrogens with one attached hydrogen (secondary N) is 1. The van der Waals surface area contributed by atoms with E-state index < -0.39 is 0 Å². The number of likely N-dealkylation sites (tertiary alicyclic amines) is 1. The Morgan fingerprint density at radius 1 is 1.38 bits per heavy atom. The van der Waals surface area contributed by atoms with E-state index >= 15 is 0 Å². The average molecular weight is 313 g/mol. The van der Waals surface area contributed by atoms with Gasteiger partial charge in [0, 0.05) is 32.6 Å². The SMILES string of the molecule is CC(CC(=O)N1C[C@H]2CNC[C@H]2C1)c1cccc(F)c1.Cl. The van der Waals surface area contributed by atoms with Gasteiger partial charge in [-0.05, 0) is 35.4 Å². The normalized spacial score (nSPS) is 25.3. The second-order valence-electron chi connectivity index (χ2n) is 6.14. The number of nitrogens with zero attached hydrogens (tertiary/aromatic N) is 1. The first-order valence-electron chi connectivity index (χ1n) is 7.37. The van der Waals surface area contributed by atoms with Crippen molar-refractivity contribution in [3.05, 3.63) is 35.6 Å². The van der Waals surface area contributed by atoms with Gasteiger partial charge in [0.05, 0.1) is 0 Å². The van der Waals surface area contributed by atoms with Crippen LogP contribution in [0.15, 0.2) is 24.3 Å². The Kier molecular flexibility index (Phi) is 5.22. The molecule has 3 atom stereocenters. The molecule has 1 unspecified atom stereocenters. The number of benzene rings is 1. The van der Waals surface area contributed by atoms with Gasteiger partial charge in [-0.1, -0.05) is 19.1 Å². The molecular formula is C16H22ClFN2O. The van der Waals surface area contributed by atoms with Crippen molar-refractivity contribution in [2.24, 2.45) is 11.8 Å². The predicted octanol–water partition coefficient (Wildman–Crippen LogP) is 2.42. The van der Waals surface area contributed by atoms with E-state index in [1.54, 1.807) is 6.07 Å². The molecule has 116 valence electrons. The summed E-state index contributed by atoms with van der Waals surface area (Å²) in [5.41, 5.74) is 0.902. The molecule has 2 saturated heterocycles. The van der Waals surface area contributed by atoms with Crippen LogP contribution in [0.2, 0.25) is 0 Å². The third-order valence-electron chi connectivity index (χ3n) is 4.64. The molecule has 0 saturated carbocycles. The van der Waals surface area contributed by atoms with Gasteiger partial charge in [-0.2, -0.15) is 0 Å². The lowest BCUT2D eigenvalue weighted by Gasteiger charge is -2.20. The molecule has 2 fully saturated rings. The number of amides is 1. The molecule has 0 spiro atoms. The molecule has 2 aliphatic heterocycles. The summed E-state index contributed by atoms with van der Waals surface area (Å²) in [4.78, 5) is 14.3. The number of halogens is 2. The van der Waals surface area contributed by atoms with Crippen LogP contribution in [0, 0.1) is 17.7 Å². The molecule has 0 bridgehead atoms. The molecule has 5 heteroatoms. The maximum absolute atomic E-state index is 13.2. The standard InChI is InChI=1S/C16H21FN2O.ClH/c1-11(12-3-2-4-15(17)6-12)5-16(20)19-9-13-7-18-8-14(13)10-19;/h2-4,6,11,13-14,18H,5,7-10H2,1H3;1H/t11?,13-,14+;. The molecule has 3 rings (SSSR count). The van der Waals surface area contributed by atoms with Crippen LogP contribution in [0.4, 0.5) is 4.39 Å². The van der Waals surface area contributed by atoms with E-state index in [2.05, 4.69) is 5.32 Å². The number of carbonyl (C=O) groups excluding carboxylic acids is 1. The van der Waals surface area contributed by atoms with Crippen LogP contribution in [0.3, 0.4) is 0 Å². The minimum atomic E-state index is -0.233. The number of fused-ring (bicyclic) bond motifs is 1. The van der Waals surface area contributed by atoms with Crippen molar-refractivity contribution < 1.29 is 9.18 Å². The van der Waals surface area contributed by atoms with Crippen molar-refractivity contribution in [1.29, 1.82) is 0 Å². The molecule has 0 radical (unpaired) electrons. The van der Waals surface area contributed by atoms with Crippen molar-refractivity contribution in [2.45, 2.75) is 19.3 Å². The molecule has 2 heterocycles. The van der Waals surface area contributed by atoms with Gasteiger partial charge < -0.3 is 10.2 Å². The van der Waals surface area contributed by atoms with Crippen LogP contribution in [0.1, 0.15) is 24.8 Å². The topological polar surface area (TPSA) is 32.3 Å². The van der Waals surface area contributed by atoms with Crippen LogP contribution < -0.4 is 5.32 Å². The van der Waals surface area contributed by atoms with Crippen LogP contribution in [-0.2, 0) is 4.79 Å². The highest BCUT2D eigenvalue weighted by molar-refractivity contribution is 5.85. The molecule has 1 aromatic carbocycles. The van der Waals surface area contributed by atoms with E-state index in [0.717, 1.165) is 31.7 Å². The molecule has 21 heavy (non-hydrogen) atoms. The van der Waals surface area contributed by atoms with Gasteiger partial charge in [0.2, 0.25) is 5.91 Å². The highest BCUT2D eigenvalue weighted by atomic mass is 35.5. The average Bonchev–Trinajstić information content (AvgIpc) is 2.99. The summed E-state index contributed by atoms with van der Waals surface area (Å²) in [6.07, 6.45) is 0.469. The van der Waals surface area contributed by atoms with Crippen molar-refractivity contribution >= 4 is 18.3 Å². The van der Waals surface area contributed by atoms with Crippen molar-refractivity contribution in [2.75, 3.05) is 26.2 Å². The van der Waals surface area contributed by atoms with Crippen molar-refractivity contribution in [1.82, 2.24) is 10.2 Å². The van der Waals surface area contributed by atoms with Gasteiger partial charge in [0.15, 0.2) is 0 Å². The smallest absolute Gasteiger partial charge is 0.223 e. The highest BCUT2D eigenvalue weighted by Gasteiger charge is 2.38. The van der Waals surface area contributed by atoms with Crippen LogP contribution in [-0.4, -0.2) is 37.0 Å². The summed E-state index contributed by atoms with van der Waals surface area (Å²) in [7, 11) is 0. The van der Waals surface area contributed by atoms with E-state index in [-0.39, 0.29) is 30.0 Å². The Morgan fingerprint density at radius 3 is 2.67 bits per heavy atom. The fourth-order valence-electron chi connectivity index (χ4n) is 3.38. The molecule has 1 N–H and O–H groups in total. The fourth-order valence-corrected chi connectivity index (χ4v) is 3.38. The number of rotatable bonds is 3. The second kappa shape index (κ2) is 6.75. The zero-order chi connectivity index (χ0) is 14.1. The van der Waals surface area contributed by atoms with E-state index in [0.29, 0.717) is 18.3 Å². The first kappa shape index (κ1) is 16.2. The van der Waals surface area contributed by atoms with Gasteiger partial charge in [-0.25, -0.2) is 4.39 Å². The van der Waals surface area contributed by atoms with Crippen molar-refractivity contribution in [3.8, 4) is 0 Å². The maximum atomic E-state index is 13.2.